The van der Waals surface area contributed by atoms with Crippen LogP contribution >= 0.6 is 11.6 Å². The third-order valence-electron chi connectivity index (χ3n) is 3.56. The molecule has 1 N–H and O–H groups in total. The number of nitrogens with one attached hydrogen (secondary N) is 1. The molecule has 1 saturated heterocycles. The van der Waals surface area contributed by atoms with Crippen LogP contribution in [0.2, 0.25) is 5.02 Å². The van der Waals surface area contributed by atoms with Gasteiger partial charge in [0.05, 0.1) is 25.8 Å². The van der Waals surface area contributed by atoms with E-state index in [2.05, 4.69) is 5.32 Å². The van der Waals surface area contributed by atoms with Gasteiger partial charge in [0.25, 0.3) is 0 Å². The molecule has 0 bridgehead atoms. The van der Waals surface area contributed by atoms with Crippen molar-refractivity contribution in [1.82, 2.24) is 5.32 Å². The smallest absolute Gasteiger partial charge is 0.179 e. The van der Waals surface area contributed by atoms with Crippen LogP contribution in [0.3, 0.4) is 0 Å². The van der Waals surface area contributed by atoms with Gasteiger partial charge in [-0.05, 0) is 31.2 Å². The minimum absolute atomic E-state index is 0.208. The van der Waals surface area contributed by atoms with Crippen molar-refractivity contribution in [3.05, 3.63) is 22.7 Å². The molecule has 106 valence electrons. The lowest BCUT2D eigenvalue weighted by Crippen LogP contribution is -2.25. The fourth-order valence-electron chi connectivity index (χ4n) is 2.61. The topological polar surface area (TPSA) is 39.7 Å². The minimum Gasteiger partial charge on any atom is -0.493 e. The molecule has 1 fully saturated rings. The largest absolute Gasteiger partial charge is 0.493 e. The van der Waals surface area contributed by atoms with E-state index in [1.165, 1.54) is 0 Å². The second-order valence-corrected chi connectivity index (χ2v) is 5.04. The van der Waals surface area contributed by atoms with Gasteiger partial charge in [-0.15, -0.1) is 0 Å². The van der Waals surface area contributed by atoms with Crippen molar-refractivity contribution in [1.29, 1.82) is 0 Å². The van der Waals surface area contributed by atoms with Crippen molar-refractivity contribution in [2.24, 2.45) is 5.92 Å². The fraction of sp³-hybridized carbons (Fsp3) is 0.571. The van der Waals surface area contributed by atoms with Crippen LogP contribution in [0.15, 0.2) is 12.1 Å². The molecular weight excluding hydrogens is 266 g/mol. The van der Waals surface area contributed by atoms with Crippen LogP contribution in [0.1, 0.15) is 18.0 Å². The zero-order valence-corrected chi connectivity index (χ0v) is 12.3. The van der Waals surface area contributed by atoms with Gasteiger partial charge in [-0.3, -0.25) is 0 Å². The molecule has 2 rings (SSSR count). The molecule has 0 spiro atoms. The Hall–Kier alpha value is -0.970. The Balaban J connectivity index is 2.34. The Morgan fingerprint density at radius 1 is 1.37 bits per heavy atom. The number of ether oxygens (including phenoxy) is 3. The summed E-state index contributed by atoms with van der Waals surface area (Å²) in [5.41, 5.74) is 1.10. The van der Waals surface area contributed by atoms with E-state index in [1.54, 1.807) is 14.2 Å². The molecule has 4 nitrogen and oxygen atoms in total. The van der Waals surface area contributed by atoms with E-state index in [0.717, 1.165) is 25.2 Å². The summed E-state index contributed by atoms with van der Waals surface area (Å²) in [6.07, 6.45) is 1.05. The number of halogens is 1. The van der Waals surface area contributed by atoms with Gasteiger partial charge >= 0.3 is 0 Å². The summed E-state index contributed by atoms with van der Waals surface area (Å²) in [7, 11) is 5.16. The lowest BCUT2D eigenvalue weighted by Gasteiger charge is -2.23. The maximum absolute atomic E-state index is 6.26. The molecule has 0 aliphatic carbocycles. The van der Waals surface area contributed by atoms with Gasteiger partial charge in [0, 0.05) is 18.6 Å². The number of hydrogen-bond acceptors (Lipinski definition) is 4. The highest BCUT2D eigenvalue weighted by Crippen LogP contribution is 2.39. The lowest BCUT2D eigenvalue weighted by atomic mass is 9.92. The second-order valence-electron chi connectivity index (χ2n) is 4.63. The molecule has 2 unspecified atom stereocenters. The molecule has 0 saturated carbocycles. The zero-order chi connectivity index (χ0) is 13.8. The van der Waals surface area contributed by atoms with Crippen molar-refractivity contribution >= 4 is 11.6 Å². The quantitative estimate of drug-likeness (QED) is 0.903. The van der Waals surface area contributed by atoms with E-state index in [4.69, 9.17) is 25.8 Å². The molecule has 0 aromatic heterocycles. The van der Waals surface area contributed by atoms with E-state index in [9.17, 15) is 0 Å². The summed E-state index contributed by atoms with van der Waals surface area (Å²) >= 11 is 6.26. The summed E-state index contributed by atoms with van der Waals surface area (Å²) < 4.78 is 16.1. The molecule has 0 radical (unpaired) electrons. The molecule has 2 atom stereocenters. The maximum Gasteiger partial charge on any atom is 0.179 e. The van der Waals surface area contributed by atoms with Crippen molar-refractivity contribution in [3.63, 3.8) is 0 Å². The normalized spacial score (nSPS) is 20.3. The SMILES string of the molecule is CNC(c1cc(Cl)c(OC)c(OC)c1)C1CCOC1. The summed E-state index contributed by atoms with van der Waals surface area (Å²) in [4.78, 5) is 0. The third-order valence-corrected chi connectivity index (χ3v) is 3.84. The van der Waals surface area contributed by atoms with Gasteiger partial charge in [-0.2, -0.15) is 0 Å². The van der Waals surface area contributed by atoms with Gasteiger partial charge in [0.2, 0.25) is 0 Å². The van der Waals surface area contributed by atoms with E-state index in [-0.39, 0.29) is 6.04 Å². The molecule has 1 aromatic rings. The fourth-order valence-corrected chi connectivity index (χ4v) is 2.90. The molecule has 1 aliphatic rings. The van der Waals surface area contributed by atoms with E-state index < -0.39 is 0 Å². The van der Waals surface area contributed by atoms with Crippen LogP contribution < -0.4 is 14.8 Å². The Bertz CT molecular complexity index is 433. The predicted octanol–water partition coefficient (Wildman–Crippen LogP) is 2.65. The molecule has 0 amide bonds. The molecule has 19 heavy (non-hydrogen) atoms. The highest BCUT2D eigenvalue weighted by Gasteiger charge is 2.27. The average Bonchev–Trinajstić information content (AvgIpc) is 2.92. The predicted molar refractivity (Wildman–Crippen MR) is 75.3 cm³/mol. The second kappa shape index (κ2) is 6.46. The van der Waals surface area contributed by atoms with Crippen molar-refractivity contribution < 1.29 is 14.2 Å². The van der Waals surface area contributed by atoms with Gasteiger partial charge in [0.15, 0.2) is 11.5 Å². The highest BCUT2D eigenvalue weighted by atomic mass is 35.5. The lowest BCUT2D eigenvalue weighted by molar-refractivity contribution is 0.177. The van der Waals surface area contributed by atoms with Gasteiger partial charge in [0.1, 0.15) is 0 Å². The Morgan fingerprint density at radius 3 is 2.68 bits per heavy atom. The van der Waals surface area contributed by atoms with Crippen LogP contribution in [0.5, 0.6) is 11.5 Å². The standard InChI is InChI=1S/C14H20ClNO3/c1-16-13(9-4-5-19-8-9)10-6-11(15)14(18-3)12(7-10)17-2/h6-7,9,13,16H,4-5,8H2,1-3H3. The summed E-state index contributed by atoms with van der Waals surface area (Å²) in [5.74, 6) is 1.69. The Morgan fingerprint density at radius 2 is 2.16 bits per heavy atom. The first-order chi connectivity index (χ1) is 9.21. The number of rotatable bonds is 5. The van der Waals surface area contributed by atoms with E-state index in [1.807, 2.05) is 19.2 Å². The van der Waals surface area contributed by atoms with Gasteiger partial charge < -0.3 is 19.5 Å². The third kappa shape index (κ3) is 2.96. The van der Waals surface area contributed by atoms with Crippen LogP contribution in [-0.4, -0.2) is 34.5 Å². The zero-order valence-electron chi connectivity index (χ0n) is 11.5. The molecule has 5 heteroatoms. The van der Waals surface area contributed by atoms with Crippen molar-refractivity contribution in [2.45, 2.75) is 12.5 Å². The van der Waals surface area contributed by atoms with Crippen LogP contribution in [0.25, 0.3) is 0 Å². The van der Waals surface area contributed by atoms with Gasteiger partial charge in [-0.25, -0.2) is 0 Å². The molecular formula is C14H20ClNO3. The number of methoxy groups -OCH3 is 2. The first-order valence-corrected chi connectivity index (χ1v) is 6.75. The van der Waals surface area contributed by atoms with E-state index >= 15 is 0 Å². The van der Waals surface area contributed by atoms with Crippen LogP contribution in [0, 0.1) is 5.92 Å². The van der Waals surface area contributed by atoms with Crippen molar-refractivity contribution in [2.75, 3.05) is 34.5 Å². The highest BCUT2D eigenvalue weighted by molar-refractivity contribution is 6.32. The minimum atomic E-state index is 0.208. The first kappa shape index (κ1) is 14.4. The van der Waals surface area contributed by atoms with Crippen molar-refractivity contribution in [3.8, 4) is 11.5 Å². The maximum atomic E-state index is 6.26. The first-order valence-electron chi connectivity index (χ1n) is 6.37. The van der Waals surface area contributed by atoms with Crippen LogP contribution in [-0.2, 0) is 4.74 Å². The monoisotopic (exact) mass is 285 g/mol. The number of hydrogen-bond donors (Lipinski definition) is 1. The Kier molecular flexibility index (Phi) is 4.91. The Labute approximate surface area is 119 Å². The summed E-state index contributed by atoms with van der Waals surface area (Å²) in [6, 6.07) is 4.12. The number of benzene rings is 1. The average molecular weight is 286 g/mol. The summed E-state index contributed by atoms with van der Waals surface area (Å²) in [6.45, 7) is 1.60. The van der Waals surface area contributed by atoms with Crippen LogP contribution in [0.4, 0.5) is 0 Å². The molecule has 1 aliphatic heterocycles. The van der Waals surface area contributed by atoms with Gasteiger partial charge in [-0.1, -0.05) is 11.6 Å². The van der Waals surface area contributed by atoms with E-state index in [0.29, 0.717) is 22.4 Å². The summed E-state index contributed by atoms with van der Waals surface area (Å²) in [5, 5.41) is 3.91. The molecule has 1 heterocycles. The molecule has 1 aromatic carbocycles.